The maximum absolute atomic E-state index is 11.3. The second-order valence-corrected chi connectivity index (χ2v) is 6.12. The number of aliphatic carboxylic acids is 1. The van der Waals surface area contributed by atoms with Gasteiger partial charge < -0.3 is 9.84 Å². The zero-order valence-corrected chi connectivity index (χ0v) is 9.70. The number of carbonyl (C=O) groups is 2. The van der Waals surface area contributed by atoms with Crippen LogP contribution in [0.5, 0.6) is 0 Å². The maximum atomic E-state index is 11.3. The maximum Gasteiger partial charge on any atom is 0.307 e. The normalized spacial score (nSPS) is 28.3. The van der Waals surface area contributed by atoms with Gasteiger partial charge in [-0.25, -0.2) is 8.42 Å². The molecule has 0 aromatic heterocycles. The van der Waals surface area contributed by atoms with Crippen molar-refractivity contribution in [2.45, 2.75) is 12.8 Å². The van der Waals surface area contributed by atoms with Gasteiger partial charge in [0.15, 0.2) is 9.84 Å². The molecule has 0 amide bonds. The topological polar surface area (TPSA) is 97.7 Å². The fourth-order valence-corrected chi connectivity index (χ4v) is 3.63. The van der Waals surface area contributed by atoms with E-state index in [1.54, 1.807) is 0 Å². The van der Waals surface area contributed by atoms with Crippen molar-refractivity contribution < 1.29 is 27.9 Å². The number of sulfone groups is 1. The third kappa shape index (κ3) is 3.19. The molecule has 0 saturated carbocycles. The first-order chi connectivity index (χ1) is 7.35. The Morgan fingerprint density at radius 2 is 2.06 bits per heavy atom. The van der Waals surface area contributed by atoms with E-state index in [1.807, 2.05) is 0 Å². The molecule has 0 radical (unpaired) electrons. The fourth-order valence-electron chi connectivity index (χ4n) is 1.84. The zero-order valence-electron chi connectivity index (χ0n) is 8.88. The third-order valence-electron chi connectivity index (χ3n) is 2.78. The van der Waals surface area contributed by atoms with Crippen LogP contribution in [0.25, 0.3) is 0 Å². The predicted octanol–water partition coefficient (Wildman–Crippen LogP) is -0.315. The molecule has 1 N–H and O–H groups in total. The van der Waals surface area contributed by atoms with Crippen molar-refractivity contribution in [3.8, 4) is 0 Å². The van der Waals surface area contributed by atoms with Crippen LogP contribution in [0.1, 0.15) is 12.8 Å². The van der Waals surface area contributed by atoms with Gasteiger partial charge >= 0.3 is 11.9 Å². The molecule has 2 atom stereocenters. The molecule has 1 fully saturated rings. The summed E-state index contributed by atoms with van der Waals surface area (Å²) in [6.07, 6.45) is 0.164. The highest BCUT2D eigenvalue weighted by molar-refractivity contribution is 7.91. The first-order valence-corrected chi connectivity index (χ1v) is 6.68. The second-order valence-electron chi connectivity index (χ2n) is 3.89. The van der Waals surface area contributed by atoms with Gasteiger partial charge in [-0.15, -0.1) is 0 Å². The van der Waals surface area contributed by atoms with E-state index in [9.17, 15) is 18.0 Å². The van der Waals surface area contributed by atoms with E-state index in [1.165, 1.54) is 7.11 Å². The molecule has 16 heavy (non-hydrogen) atoms. The fraction of sp³-hybridized carbons (Fsp3) is 0.778. The minimum atomic E-state index is -3.29. The minimum Gasteiger partial charge on any atom is -0.481 e. The molecule has 0 aromatic rings. The molecule has 92 valence electrons. The standard InChI is InChI=1S/C9H14O6S/c1-15-8(10)4-6-2-3-16(13,14)5-7(6)9(11)12/h6-7H,2-5H2,1H3,(H,11,12). The van der Waals surface area contributed by atoms with Crippen LogP contribution >= 0.6 is 0 Å². The van der Waals surface area contributed by atoms with Crippen LogP contribution in [0.15, 0.2) is 0 Å². The monoisotopic (exact) mass is 250 g/mol. The molecule has 0 aliphatic carbocycles. The number of carbonyl (C=O) groups excluding carboxylic acids is 1. The quantitative estimate of drug-likeness (QED) is 0.690. The Morgan fingerprint density at radius 3 is 2.56 bits per heavy atom. The van der Waals surface area contributed by atoms with Gasteiger partial charge in [0.05, 0.1) is 24.5 Å². The summed E-state index contributed by atoms with van der Waals surface area (Å²) in [5.74, 6) is -3.57. The van der Waals surface area contributed by atoms with Gasteiger partial charge in [-0.1, -0.05) is 0 Å². The van der Waals surface area contributed by atoms with Crippen molar-refractivity contribution in [1.82, 2.24) is 0 Å². The average molecular weight is 250 g/mol. The molecule has 1 aliphatic heterocycles. The lowest BCUT2D eigenvalue weighted by Gasteiger charge is -2.27. The van der Waals surface area contributed by atoms with Gasteiger partial charge in [0, 0.05) is 6.42 Å². The number of hydrogen-bond acceptors (Lipinski definition) is 5. The number of ether oxygens (including phenoxy) is 1. The number of carboxylic acid groups (broad SMARTS) is 1. The Labute approximate surface area is 93.5 Å². The largest absolute Gasteiger partial charge is 0.481 e. The Morgan fingerprint density at radius 1 is 1.44 bits per heavy atom. The smallest absolute Gasteiger partial charge is 0.307 e. The molecule has 1 saturated heterocycles. The number of methoxy groups -OCH3 is 1. The Bertz CT molecular complexity index is 385. The second kappa shape index (κ2) is 4.82. The number of rotatable bonds is 3. The number of carboxylic acids is 1. The van der Waals surface area contributed by atoms with Crippen LogP contribution in [0, 0.1) is 11.8 Å². The highest BCUT2D eigenvalue weighted by Gasteiger charge is 2.38. The van der Waals surface area contributed by atoms with Crippen molar-refractivity contribution >= 4 is 21.8 Å². The van der Waals surface area contributed by atoms with Crippen LogP contribution in [0.2, 0.25) is 0 Å². The molecule has 1 rings (SSSR count). The highest BCUT2D eigenvalue weighted by atomic mass is 32.2. The first kappa shape index (κ1) is 13.0. The number of esters is 1. The van der Waals surface area contributed by atoms with Crippen LogP contribution in [-0.4, -0.2) is 44.1 Å². The van der Waals surface area contributed by atoms with E-state index in [-0.39, 0.29) is 24.3 Å². The summed E-state index contributed by atoms with van der Waals surface area (Å²) < 4.78 is 27.0. The lowest BCUT2D eigenvalue weighted by Crippen LogP contribution is -2.38. The summed E-state index contributed by atoms with van der Waals surface area (Å²) in [5.41, 5.74) is 0. The van der Waals surface area contributed by atoms with Crippen molar-refractivity contribution in [2.75, 3.05) is 18.6 Å². The van der Waals surface area contributed by atoms with E-state index < -0.39 is 33.6 Å². The highest BCUT2D eigenvalue weighted by Crippen LogP contribution is 2.28. The molecule has 7 heteroatoms. The summed E-state index contributed by atoms with van der Waals surface area (Å²) in [5, 5.41) is 8.91. The summed E-state index contributed by atoms with van der Waals surface area (Å²) in [6.45, 7) is 0. The van der Waals surface area contributed by atoms with Gasteiger partial charge in [0.2, 0.25) is 0 Å². The molecule has 0 aromatic carbocycles. The van der Waals surface area contributed by atoms with Crippen LogP contribution < -0.4 is 0 Å². The molecule has 2 unspecified atom stereocenters. The third-order valence-corrected chi connectivity index (χ3v) is 4.50. The Hall–Kier alpha value is -1.11. The molecule has 0 spiro atoms. The molecular weight excluding hydrogens is 236 g/mol. The SMILES string of the molecule is COC(=O)CC1CCS(=O)(=O)CC1C(=O)O. The lowest BCUT2D eigenvalue weighted by atomic mass is 9.88. The van der Waals surface area contributed by atoms with Gasteiger partial charge in [-0.2, -0.15) is 0 Å². The molecule has 1 heterocycles. The predicted molar refractivity (Wildman–Crippen MR) is 54.5 cm³/mol. The van der Waals surface area contributed by atoms with Crippen molar-refractivity contribution in [1.29, 1.82) is 0 Å². The van der Waals surface area contributed by atoms with Crippen molar-refractivity contribution in [3.05, 3.63) is 0 Å². The van der Waals surface area contributed by atoms with Crippen molar-refractivity contribution in [2.24, 2.45) is 11.8 Å². The number of hydrogen-bond donors (Lipinski definition) is 1. The van der Waals surface area contributed by atoms with E-state index >= 15 is 0 Å². The van der Waals surface area contributed by atoms with Crippen LogP contribution in [0.4, 0.5) is 0 Å². The Balaban J connectivity index is 2.77. The summed E-state index contributed by atoms with van der Waals surface area (Å²) in [6, 6.07) is 0. The van der Waals surface area contributed by atoms with Gasteiger partial charge in [-0.05, 0) is 12.3 Å². The zero-order chi connectivity index (χ0) is 12.3. The van der Waals surface area contributed by atoms with E-state index in [4.69, 9.17) is 5.11 Å². The lowest BCUT2D eigenvalue weighted by molar-refractivity contribution is -0.146. The molecule has 0 bridgehead atoms. The summed E-state index contributed by atoms with van der Waals surface area (Å²) in [7, 11) is -2.07. The molecular formula is C9H14O6S. The minimum absolute atomic E-state index is 0.0387. The summed E-state index contributed by atoms with van der Waals surface area (Å²) >= 11 is 0. The van der Waals surface area contributed by atoms with Gasteiger partial charge in [-0.3, -0.25) is 9.59 Å². The average Bonchev–Trinajstić information content (AvgIpc) is 2.20. The first-order valence-electron chi connectivity index (χ1n) is 4.86. The Kier molecular flexibility index (Phi) is 3.90. The van der Waals surface area contributed by atoms with E-state index in [0.717, 1.165) is 0 Å². The van der Waals surface area contributed by atoms with E-state index in [2.05, 4.69) is 4.74 Å². The van der Waals surface area contributed by atoms with Gasteiger partial charge in [0.1, 0.15) is 0 Å². The van der Waals surface area contributed by atoms with Crippen LogP contribution in [-0.2, 0) is 24.2 Å². The molecule has 1 aliphatic rings. The van der Waals surface area contributed by atoms with Crippen LogP contribution in [0.3, 0.4) is 0 Å². The molecule has 6 nitrogen and oxygen atoms in total. The van der Waals surface area contributed by atoms with Crippen molar-refractivity contribution in [3.63, 3.8) is 0 Å². The van der Waals surface area contributed by atoms with Gasteiger partial charge in [0.25, 0.3) is 0 Å². The van der Waals surface area contributed by atoms with E-state index in [0.29, 0.717) is 0 Å². The summed E-state index contributed by atoms with van der Waals surface area (Å²) in [4.78, 5) is 22.0.